The molecular formula is C13H11ClN3S-. The Bertz CT molecular complexity index is 736. The lowest BCUT2D eigenvalue weighted by Gasteiger charge is -2.06. The van der Waals surface area contributed by atoms with Gasteiger partial charge in [0.15, 0.2) is 0 Å². The van der Waals surface area contributed by atoms with Crippen LogP contribution >= 0.6 is 11.3 Å². The predicted octanol–water partition coefficient (Wildman–Crippen LogP) is -0.482. The van der Waals surface area contributed by atoms with Gasteiger partial charge in [0.25, 0.3) is 0 Å². The quantitative estimate of drug-likeness (QED) is 0.445. The smallest absolute Gasteiger partial charge is 0.0811 e. The van der Waals surface area contributed by atoms with Gasteiger partial charge >= 0.3 is 0 Å². The standard InChI is InChI=1S/C13H11N3S.ClH/c1-15-9-3-5-11-13(7-9)17-12-6-8(14)2-4-10(12)16-11;/h2-7H,14H2,1H3;1H/p-1. The first-order chi connectivity index (χ1) is 8.26. The van der Waals surface area contributed by atoms with E-state index in [0.29, 0.717) is 0 Å². The molecule has 2 aliphatic rings. The third kappa shape index (κ3) is 2.17. The van der Waals surface area contributed by atoms with Crippen LogP contribution in [0.5, 0.6) is 0 Å². The highest BCUT2D eigenvalue weighted by Gasteiger charge is 2.06. The van der Waals surface area contributed by atoms with Crippen molar-refractivity contribution in [2.75, 3.05) is 12.8 Å². The first-order valence-corrected chi connectivity index (χ1v) is 6.11. The fourth-order valence-corrected chi connectivity index (χ4v) is 2.82. The number of anilines is 1. The summed E-state index contributed by atoms with van der Waals surface area (Å²) in [6.45, 7) is 0. The summed E-state index contributed by atoms with van der Waals surface area (Å²) in [6, 6.07) is 11.8. The molecule has 3 nitrogen and oxygen atoms in total. The number of benzene rings is 2. The normalized spacial score (nSPS) is 11.7. The zero-order chi connectivity index (χ0) is 11.8. The Morgan fingerprint density at radius 2 is 2.00 bits per heavy atom. The number of nitrogens with two attached hydrogens (primary N) is 1. The van der Waals surface area contributed by atoms with E-state index in [1.807, 2.05) is 30.3 Å². The molecule has 1 aromatic carbocycles. The molecule has 5 heteroatoms. The number of aromatic nitrogens is 1. The number of fused-ring (bicyclic) bond motifs is 2. The molecule has 3 rings (SSSR count). The zero-order valence-corrected chi connectivity index (χ0v) is 11.3. The second kappa shape index (κ2) is 4.92. The summed E-state index contributed by atoms with van der Waals surface area (Å²) in [4.78, 5) is 9.91. The second-order valence-corrected chi connectivity index (χ2v) is 4.90. The Labute approximate surface area is 115 Å². The lowest BCUT2D eigenvalue weighted by molar-refractivity contribution is -0.00000340. The minimum absolute atomic E-state index is 0. The Morgan fingerprint density at radius 3 is 2.78 bits per heavy atom. The first-order valence-electron chi connectivity index (χ1n) is 5.29. The fourth-order valence-electron chi connectivity index (χ4n) is 1.77. The third-order valence-corrected chi connectivity index (χ3v) is 3.74. The molecule has 2 N–H and O–H groups in total. The van der Waals surface area contributed by atoms with Crippen molar-refractivity contribution in [1.82, 2.24) is 4.98 Å². The Hall–Kier alpha value is -1.65. The van der Waals surface area contributed by atoms with Crippen LogP contribution in [0.3, 0.4) is 0 Å². The van der Waals surface area contributed by atoms with E-state index in [2.05, 4.69) is 16.0 Å². The minimum atomic E-state index is 0. The summed E-state index contributed by atoms with van der Waals surface area (Å²) in [5.74, 6) is 0. The van der Waals surface area contributed by atoms with Crippen LogP contribution in [-0.2, 0) is 0 Å². The van der Waals surface area contributed by atoms with Gasteiger partial charge in [0.05, 0.1) is 26.1 Å². The maximum atomic E-state index is 5.78. The molecular weight excluding hydrogens is 266 g/mol. The van der Waals surface area contributed by atoms with Crippen LogP contribution in [0.25, 0.3) is 20.8 Å². The van der Waals surface area contributed by atoms with E-state index in [1.54, 1.807) is 18.4 Å². The van der Waals surface area contributed by atoms with Crippen molar-refractivity contribution in [3.63, 3.8) is 0 Å². The van der Waals surface area contributed by atoms with Gasteiger partial charge in [-0.05, 0) is 36.4 Å². The fraction of sp³-hybridized carbons (Fsp3) is 0.0769. The Morgan fingerprint density at radius 1 is 1.17 bits per heavy atom. The molecule has 0 spiro atoms. The third-order valence-electron chi connectivity index (χ3n) is 2.65. The van der Waals surface area contributed by atoms with Gasteiger partial charge in [0, 0.05) is 12.7 Å². The van der Waals surface area contributed by atoms with Gasteiger partial charge in [-0.25, -0.2) is 4.98 Å². The average Bonchev–Trinajstić information content (AvgIpc) is 2.35. The molecule has 18 heavy (non-hydrogen) atoms. The highest BCUT2D eigenvalue weighted by molar-refractivity contribution is 7.21. The maximum Gasteiger partial charge on any atom is 0.0811 e. The van der Waals surface area contributed by atoms with Gasteiger partial charge in [0.2, 0.25) is 0 Å². The molecule has 1 aliphatic heterocycles. The molecule has 0 unspecified atom stereocenters. The molecule has 0 radical (unpaired) electrons. The van der Waals surface area contributed by atoms with Crippen LogP contribution < -0.4 is 23.5 Å². The van der Waals surface area contributed by atoms with Crippen LogP contribution in [0.15, 0.2) is 41.4 Å². The lowest BCUT2D eigenvalue weighted by Crippen LogP contribution is -3.00. The molecule has 0 saturated heterocycles. The van der Waals surface area contributed by atoms with E-state index in [0.717, 1.165) is 31.8 Å². The van der Waals surface area contributed by atoms with Crippen molar-refractivity contribution in [3.05, 3.63) is 41.8 Å². The van der Waals surface area contributed by atoms with Crippen LogP contribution in [0.2, 0.25) is 0 Å². The molecule has 0 bridgehead atoms. The van der Waals surface area contributed by atoms with E-state index in [1.165, 1.54) is 0 Å². The lowest BCUT2D eigenvalue weighted by atomic mass is 10.2. The second-order valence-electron chi connectivity index (χ2n) is 3.82. The monoisotopic (exact) mass is 276 g/mol. The summed E-state index contributed by atoms with van der Waals surface area (Å²) in [5.41, 5.74) is 8.54. The number of hydrogen-bond acceptors (Lipinski definition) is 4. The highest BCUT2D eigenvalue weighted by Crippen LogP contribution is 2.30. The summed E-state index contributed by atoms with van der Waals surface area (Å²) >= 11 is 1.69. The van der Waals surface area contributed by atoms with Crippen molar-refractivity contribution in [2.45, 2.75) is 0 Å². The number of nitrogens with zero attached hydrogens (tertiary/aromatic N) is 2. The molecule has 1 heterocycles. The van der Waals surface area contributed by atoms with Gasteiger partial charge in [0.1, 0.15) is 0 Å². The van der Waals surface area contributed by atoms with Crippen molar-refractivity contribution in [1.29, 1.82) is 0 Å². The zero-order valence-electron chi connectivity index (χ0n) is 9.72. The van der Waals surface area contributed by atoms with Crippen LogP contribution in [0, 0.1) is 0 Å². The largest absolute Gasteiger partial charge is 1.00 e. The SMILES string of the molecule is CN=c1ccc2nc3ccc(N)cc3sc-2c1.[Cl-]. The molecule has 1 aromatic rings. The van der Waals surface area contributed by atoms with Gasteiger partial charge < -0.3 is 18.1 Å². The minimum Gasteiger partial charge on any atom is -1.00 e. The van der Waals surface area contributed by atoms with Gasteiger partial charge in [-0.15, -0.1) is 11.3 Å². The molecule has 0 atom stereocenters. The van der Waals surface area contributed by atoms with Crippen LogP contribution in [-0.4, -0.2) is 12.0 Å². The maximum absolute atomic E-state index is 5.78. The summed E-state index contributed by atoms with van der Waals surface area (Å²) in [7, 11) is 1.79. The summed E-state index contributed by atoms with van der Waals surface area (Å²) in [6.07, 6.45) is 0. The molecule has 1 aliphatic carbocycles. The molecule has 0 fully saturated rings. The number of halogens is 1. The van der Waals surface area contributed by atoms with Gasteiger partial charge in [-0.3, -0.25) is 4.99 Å². The summed E-state index contributed by atoms with van der Waals surface area (Å²) < 4.78 is 1.10. The molecule has 0 aromatic heterocycles. The highest BCUT2D eigenvalue weighted by atomic mass is 35.5. The van der Waals surface area contributed by atoms with E-state index < -0.39 is 0 Å². The molecule has 0 saturated carbocycles. The number of rotatable bonds is 0. The van der Waals surface area contributed by atoms with E-state index in [-0.39, 0.29) is 12.4 Å². The van der Waals surface area contributed by atoms with Crippen molar-refractivity contribution >= 4 is 27.2 Å². The van der Waals surface area contributed by atoms with Crippen LogP contribution in [0.1, 0.15) is 0 Å². The molecule has 92 valence electrons. The van der Waals surface area contributed by atoms with Gasteiger partial charge in [-0.1, -0.05) is 0 Å². The first kappa shape index (κ1) is 12.8. The van der Waals surface area contributed by atoms with Crippen molar-refractivity contribution in [3.8, 4) is 10.6 Å². The predicted molar refractivity (Wildman–Crippen MR) is 72.1 cm³/mol. The molecule has 0 amide bonds. The van der Waals surface area contributed by atoms with E-state index in [9.17, 15) is 0 Å². The van der Waals surface area contributed by atoms with E-state index in [4.69, 9.17) is 5.73 Å². The topological polar surface area (TPSA) is 51.3 Å². The van der Waals surface area contributed by atoms with Crippen LogP contribution in [0.4, 0.5) is 5.69 Å². The number of nitrogen functional groups attached to an aromatic ring is 1. The Balaban J connectivity index is 0.00000120. The summed E-state index contributed by atoms with van der Waals surface area (Å²) in [5, 5.41) is 0.971. The Kier molecular flexibility index (Phi) is 3.50. The van der Waals surface area contributed by atoms with Gasteiger partial charge in [-0.2, -0.15) is 0 Å². The van der Waals surface area contributed by atoms with Crippen molar-refractivity contribution < 1.29 is 12.4 Å². The number of hydrogen-bond donors (Lipinski definition) is 1. The van der Waals surface area contributed by atoms with E-state index >= 15 is 0 Å². The van der Waals surface area contributed by atoms with Crippen molar-refractivity contribution in [2.24, 2.45) is 4.99 Å². The average molecular weight is 277 g/mol.